The second kappa shape index (κ2) is 9.78. The molecule has 1 heterocycles. The van der Waals surface area contributed by atoms with Crippen LogP contribution < -0.4 is 5.32 Å². The van der Waals surface area contributed by atoms with Crippen molar-refractivity contribution >= 4 is 34.7 Å². The van der Waals surface area contributed by atoms with Gasteiger partial charge in [0.1, 0.15) is 13.2 Å². The summed E-state index contributed by atoms with van der Waals surface area (Å²) in [5.74, 6) is 0.173. The lowest BCUT2D eigenvalue weighted by Crippen LogP contribution is -2.30. The molecule has 0 spiro atoms. The molecule has 1 aromatic heterocycles. The molecule has 0 aliphatic rings. The number of nitrogens with one attached hydrogen (secondary N) is 2. The van der Waals surface area contributed by atoms with Gasteiger partial charge in [-0.15, -0.1) is 0 Å². The number of esters is 1. The van der Waals surface area contributed by atoms with Crippen molar-refractivity contribution in [2.24, 2.45) is 0 Å². The van der Waals surface area contributed by atoms with Crippen LogP contribution in [0.25, 0.3) is 11.0 Å². The van der Waals surface area contributed by atoms with Gasteiger partial charge in [-0.05, 0) is 24.1 Å². The number of carbonyl (C=O) groups excluding carboxylic acids is 2. The van der Waals surface area contributed by atoms with Crippen LogP contribution >= 0.6 is 11.8 Å². The van der Waals surface area contributed by atoms with Crippen LogP contribution in [-0.2, 0) is 20.9 Å². The zero-order valence-electron chi connectivity index (χ0n) is 14.8. The van der Waals surface area contributed by atoms with E-state index < -0.39 is 5.97 Å². The predicted molar refractivity (Wildman–Crippen MR) is 105 cm³/mol. The Morgan fingerprint density at radius 3 is 2.67 bits per heavy atom. The summed E-state index contributed by atoms with van der Waals surface area (Å²) in [6.45, 7) is 0.103. The fourth-order valence-electron chi connectivity index (χ4n) is 2.45. The number of rotatable bonds is 9. The van der Waals surface area contributed by atoms with Gasteiger partial charge in [0, 0.05) is 12.2 Å². The summed E-state index contributed by atoms with van der Waals surface area (Å²) in [6, 6.07) is 17.3. The number of para-hydroxylation sites is 2. The molecule has 0 saturated heterocycles. The summed E-state index contributed by atoms with van der Waals surface area (Å²) in [6.07, 6.45) is 1.06. The van der Waals surface area contributed by atoms with E-state index in [0.717, 1.165) is 27.5 Å². The largest absolute Gasteiger partial charge is 0.460 e. The van der Waals surface area contributed by atoms with Crippen LogP contribution in [0.1, 0.15) is 18.4 Å². The fourth-order valence-corrected chi connectivity index (χ4v) is 3.27. The highest BCUT2D eigenvalue weighted by molar-refractivity contribution is 7.99. The molecule has 0 bridgehead atoms. The number of H-pyrrole nitrogens is 1. The van der Waals surface area contributed by atoms with Crippen molar-refractivity contribution in [3.63, 3.8) is 0 Å². The van der Waals surface area contributed by atoms with Crippen molar-refractivity contribution in [1.29, 1.82) is 0 Å². The summed E-state index contributed by atoms with van der Waals surface area (Å²) in [5.41, 5.74) is 2.86. The van der Waals surface area contributed by atoms with Crippen LogP contribution in [0.4, 0.5) is 0 Å². The molecule has 0 atom stereocenters. The molecule has 7 heteroatoms. The molecule has 140 valence electrons. The molecule has 0 fully saturated rings. The number of amides is 1. The lowest BCUT2D eigenvalue weighted by atomic mass is 10.2. The van der Waals surface area contributed by atoms with Gasteiger partial charge in [0.05, 0.1) is 11.0 Å². The van der Waals surface area contributed by atoms with Crippen LogP contribution in [0.3, 0.4) is 0 Å². The third-order valence-electron chi connectivity index (χ3n) is 3.83. The van der Waals surface area contributed by atoms with Crippen LogP contribution in [-0.4, -0.2) is 34.1 Å². The van der Waals surface area contributed by atoms with Crippen molar-refractivity contribution in [2.75, 3.05) is 12.3 Å². The predicted octanol–water partition coefficient (Wildman–Crippen LogP) is 3.29. The molecule has 0 saturated carbocycles. The Bertz CT molecular complexity index is 863. The molecule has 2 aromatic carbocycles. The molecule has 0 aliphatic heterocycles. The lowest BCUT2D eigenvalue weighted by Gasteiger charge is -2.06. The van der Waals surface area contributed by atoms with E-state index in [-0.39, 0.29) is 19.1 Å². The molecule has 0 unspecified atom stereocenters. The summed E-state index contributed by atoms with van der Waals surface area (Å²) in [5, 5.41) is 3.44. The van der Waals surface area contributed by atoms with Gasteiger partial charge in [0.2, 0.25) is 5.91 Å². The van der Waals surface area contributed by atoms with Crippen molar-refractivity contribution in [3.8, 4) is 0 Å². The highest BCUT2D eigenvalue weighted by Gasteiger charge is 2.08. The maximum Gasteiger partial charge on any atom is 0.325 e. The minimum atomic E-state index is -0.441. The highest BCUT2D eigenvalue weighted by Crippen LogP contribution is 2.20. The maximum absolute atomic E-state index is 11.8. The van der Waals surface area contributed by atoms with E-state index >= 15 is 0 Å². The second-order valence-electron chi connectivity index (χ2n) is 5.93. The van der Waals surface area contributed by atoms with E-state index in [9.17, 15) is 9.59 Å². The Labute approximate surface area is 161 Å². The molecule has 2 N–H and O–H groups in total. The minimum absolute atomic E-state index is 0.109. The number of ether oxygens (including phenoxy) is 1. The average Bonchev–Trinajstić information content (AvgIpc) is 3.12. The second-order valence-corrected chi connectivity index (χ2v) is 7.02. The number of imidazole rings is 1. The Hall–Kier alpha value is -2.80. The number of hydrogen-bond acceptors (Lipinski definition) is 5. The fraction of sp³-hybridized carbons (Fsp3) is 0.250. The van der Waals surface area contributed by atoms with E-state index in [1.54, 1.807) is 11.8 Å². The molecular weight excluding hydrogens is 362 g/mol. The topological polar surface area (TPSA) is 84.1 Å². The third-order valence-corrected chi connectivity index (χ3v) is 4.79. The molecule has 3 aromatic rings. The van der Waals surface area contributed by atoms with Gasteiger partial charge in [0.25, 0.3) is 0 Å². The minimum Gasteiger partial charge on any atom is -0.460 e. The Morgan fingerprint density at radius 1 is 1.07 bits per heavy atom. The van der Waals surface area contributed by atoms with Crippen LogP contribution in [0.2, 0.25) is 0 Å². The molecule has 3 rings (SSSR count). The Morgan fingerprint density at radius 2 is 1.85 bits per heavy atom. The smallest absolute Gasteiger partial charge is 0.325 e. The number of fused-ring (bicyclic) bond motifs is 1. The lowest BCUT2D eigenvalue weighted by molar-refractivity contribution is -0.145. The number of nitrogens with zero attached hydrogens (tertiary/aromatic N) is 1. The van der Waals surface area contributed by atoms with Crippen molar-refractivity contribution in [1.82, 2.24) is 15.3 Å². The van der Waals surface area contributed by atoms with E-state index in [0.29, 0.717) is 12.8 Å². The monoisotopic (exact) mass is 383 g/mol. The molecule has 1 amide bonds. The van der Waals surface area contributed by atoms with E-state index in [4.69, 9.17) is 4.74 Å². The van der Waals surface area contributed by atoms with Crippen LogP contribution in [0.15, 0.2) is 59.8 Å². The first-order valence-electron chi connectivity index (χ1n) is 8.74. The van der Waals surface area contributed by atoms with Crippen molar-refractivity contribution in [3.05, 3.63) is 60.2 Å². The summed E-state index contributed by atoms with van der Waals surface area (Å²) in [4.78, 5) is 31.2. The SMILES string of the molecule is O=C(CCCSc1nc2ccccc2[nH]1)NCC(=O)OCc1ccccc1. The van der Waals surface area contributed by atoms with Gasteiger partial charge in [-0.2, -0.15) is 0 Å². The Kier molecular flexibility index (Phi) is 6.87. The van der Waals surface area contributed by atoms with Crippen LogP contribution in [0, 0.1) is 0 Å². The normalized spacial score (nSPS) is 10.7. The molecule has 27 heavy (non-hydrogen) atoms. The number of carbonyl (C=O) groups is 2. The van der Waals surface area contributed by atoms with Gasteiger partial charge >= 0.3 is 5.97 Å². The number of aromatic amines is 1. The Balaban J connectivity index is 1.28. The quantitative estimate of drug-likeness (QED) is 0.336. The molecule has 0 aliphatic carbocycles. The third kappa shape index (κ3) is 6.14. The molecule has 0 radical (unpaired) electrons. The first-order chi connectivity index (χ1) is 13.2. The van der Waals surface area contributed by atoms with Gasteiger partial charge in [-0.3, -0.25) is 9.59 Å². The molecular formula is C20H21N3O3S. The zero-order chi connectivity index (χ0) is 18.9. The summed E-state index contributed by atoms with van der Waals surface area (Å²) in [7, 11) is 0. The van der Waals surface area contributed by atoms with Crippen molar-refractivity contribution < 1.29 is 14.3 Å². The number of hydrogen-bond donors (Lipinski definition) is 2. The van der Waals surface area contributed by atoms with E-state index in [2.05, 4.69) is 15.3 Å². The first-order valence-corrected chi connectivity index (χ1v) is 9.73. The maximum atomic E-state index is 11.8. The van der Waals surface area contributed by atoms with E-state index in [1.807, 2.05) is 54.6 Å². The van der Waals surface area contributed by atoms with Gasteiger partial charge in [0.15, 0.2) is 5.16 Å². The highest BCUT2D eigenvalue weighted by atomic mass is 32.2. The van der Waals surface area contributed by atoms with Gasteiger partial charge < -0.3 is 15.0 Å². The van der Waals surface area contributed by atoms with Gasteiger partial charge in [-0.25, -0.2) is 4.98 Å². The summed E-state index contributed by atoms with van der Waals surface area (Å²) >= 11 is 1.58. The van der Waals surface area contributed by atoms with Crippen molar-refractivity contribution in [2.45, 2.75) is 24.6 Å². The first kappa shape index (κ1) is 19.0. The zero-order valence-corrected chi connectivity index (χ0v) is 15.6. The number of aromatic nitrogens is 2. The van der Waals surface area contributed by atoms with Gasteiger partial charge in [-0.1, -0.05) is 54.2 Å². The standard InChI is InChI=1S/C20H21N3O3S/c24-18(21-13-19(25)26-14-15-7-2-1-3-8-15)11-6-12-27-20-22-16-9-4-5-10-17(16)23-20/h1-5,7-10H,6,11-14H2,(H,21,24)(H,22,23). The number of thioether (sulfide) groups is 1. The average molecular weight is 383 g/mol. The van der Waals surface area contributed by atoms with E-state index in [1.165, 1.54) is 0 Å². The molecule has 6 nitrogen and oxygen atoms in total. The number of benzene rings is 2. The van der Waals surface area contributed by atoms with Crippen LogP contribution in [0.5, 0.6) is 0 Å². The summed E-state index contributed by atoms with van der Waals surface area (Å²) < 4.78 is 5.12.